The van der Waals surface area contributed by atoms with Crippen molar-refractivity contribution in [3.05, 3.63) is 77.0 Å². The van der Waals surface area contributed by atoms with Crippen molar-refractivity contribution in [2.45, 2.75) is 25.7 Å². The average Bonchev–Trinajstić information content (AvgIpc) is 3.22. The Morgan fingerprint density at radius 3 is 2.53 bits per heavy atom. The lowest BCUT2D eigenvalue weighted by Crippen LogP contribution is -2.37. The van der Waals surface area contributed by atoms with Crippen LogP contribution in [0.5, 0.6) is 0 Å². The summed E-state index contributed by atoms with van der Waals surface area (Å²) in [5, 5.41) is 15.7. The zero-order valence-electron chi connectivity index (χ0n) is 18.8. The Balaban J connectivity index is 1.88. The van der Waals surface area contributed by atoms with E-state index in [1.165, 1.54) is 30.5 Å². The number of amides is 1. The molecular weight excluding hydrogens is 477 g/mol. The SMILES string of the molecule is CCc1ccccc1Nc1c(C(N)=O)cnc2c1N(OC(=O)C(F)(F)F)C(c1ccc(C#N)cc1)N2. The number of hydroxylamine groups is 1. The zero-order valence-corrected chi connectivity index (χ0v) is 18.8. The molecule has 0 bridgehead atoms. The molecule has 9 nitrogen and oxygen atoms in total. The van der Waals surface area contributed by atoms with Crippen LogP contribution in [0.3, 0.4) is 0 Å². The smallest absolute Gasteiger partial charge is 0.365 e. The molecule has 2 aromatic carbocycles. The van der Waals surface area contributed by atoms with Gasteiger partial charge in [0.15, 0.2) is 12.0 Å². The van der Waals surface area contributed by atoms with Gasteiger partial charge in [0.1, 0.15) is 5.69 Å². The van der Waals surface area contributed by atoms with E-state index in [1.807, 2.05) is 25.1 Å². The first-order valence-corrected chi connectivity index (χ1v) is 10.7. The van der Waals surface area contributed by atoms with E-state index in [1.54, 1.807) is 12.1 Å². The van der Waals surface area contributed by atoms with Gasteiger partial charge in [-0.15, -0.1) is 0 Å². The van der Waals surface area contributed by atoms with Crippen molar-refractivity contribution in [1.82, 2.24) is 4.98 Å². The second-order valence-electron chi connectivity index (χ2n) is 7.73. The summed E-state index contributed by atoms with van der Waals surface area (Å²) >= 11 is 0. The van der Waals surface area contributed by atoms with Gasteiger partial charge < -0.3 is 21.2 Å². The second kappa shape index (κ2) is 9.46. The predicted octanol–water partition coefficient (Wildman–Crippen LogP) is 4.31. The number of primary amides is 1. The molecule has 0 aliphatic carbocycles. The van der Waals surface area contributed by atoms with E-state index in [0.717, 1.165) is 5.56 Å². The Kier molecular flexibility index (Phi) is 6.39. The van der Waals surface area contributed by atoms with E-state index < -0.39 is 24.2 Å². The van der Waals surface area contributed by atoms with Gasteiger partial charge >= 0.3 is 12.1 Å². The number of para-hydroxylation sites is 1. The van der Waals surface area contributed by atoms with Gasteiger partial charge in [-0.1, -0.05) is 37.3 Å². The van der Waals surface area contributed by atoms with Crippen molar-refractivity contribution < 1.29 is 27.6 Å². The summed E-state index contributed by atoms with van der Waals surface area (Å²) in [7, 11) is 0. The molecule has 3 aromatic rings. The summed E-state index contributed by atoms with van der Waals surface area (Å²) in [5.74, 6) is -3.33. The van der Waals surface area contributed by atoms with Crippen molar-refractivity contribution in [3.63, 3.8) is 0 Å². The van der Waals surface area contributed by atoms with E-state index in [9.17, 15) is 22.8 Å². The summed E-state index contributed by atoms with van der Waals surface area (Å²) in [6.45, 7) is 1.91. The highest BCUT2D eigenvalue weighted by molar-refractivity contribution is 6.05. The van der Waals surface area contributed by atoms with Gasteiger partial charge in [0.2, 0.25) is 0 Å². The highest BCUT2D eigenvalue weighted by Crippen LogP contribution is 2.47. The third-order valence-corrected chi connectivity index (χ3v) is 5.47. The number of aryl methyl sites for hydroxylation is 1. The van der Waals surface area contributed by atoms with E-state index in [0.29, 0.717) is 28.3 Å². The zero-order chi connectivity index (χ0) is 26.0. The maximum Gasteiger partial charge on any atom is 0.493 e. The van der Waals surface area contributed by atoms with Crippen molar-refractivity contribution in [1.29, 1.82) is 5.26 Å². The number of fused-ring (bicyclic) bond motifs is 1. The molecule has 0 spiro atoms. The number of rotatable bonds is 6. The number of nitrogens with zero attached hydrogens (tertiary/aromatic N) is 3. The second-order valence-corrected chi connectivity index (χ2v) is 7.73. The molecule has 0 saturated carbocycles. The molecule has 12 heteroatoms. The van der Waals surface area contributed by atoms with Gasteiger partial charge in [-0.3, -0.25) is 4.79 Å². The maximum atomic E-state index is 13.2. The Hall–Kier alpha value is -4.79. The Morgan fingerprint density at radius 2 is 1.92 bits per heavy atom. The number of hydrogen-bond acceptors (Lipinski definition) is 8. The molecule has 1 aliphatic heterocycles. The quantitative estimate of drug-likeness (QED) is 0.460. The first-order valence-electron chi connectivity index (χ1n) is 10.7. The van der Waals surface area contributed by atoms with Crippen LogP contribution in [-0.2, 0) is 16.1 Å². The number of aromatic nitrogens is 1. The van der Waals surface area contributed by atoms with Crippen LogP contribution in [0, 0.1) is 11.3 Å². The summed E-state index contributed by atoms with van der Waals surface area (Å²) in [4.78, 5) is 33.1. The first-order chi connectivity index (χ1) is 17.1. The summed E-state index contributed by atoms with van der Waals surface area (Å²) in [6, 6.07) is 15.0. The normalized spacial score (nSPS) is 14.4. The molecule has 0 saturated heterocycles. The lowest BCUT2D eigenvalue weighted by Gasteiger charge is -2.27. The molecule has 4 rings (SSSR count). The van der Waals surface area contributed by atoms with Crippen LogP contribution >= 0.6 is 0 Å². The van der Waals surface area contributed by atoms with E-state index in [2.05, 4.69) is 15.6 Å². The lowest BCUT2D eigenvalue weighted by atomic mass is 10.1. The highest BCUT2D eigenvalue weighted by atomic mass is 19.4. The molecular formula is C24H19F3N6O3. The number of alkyl halides is 3. The Bertz CT molecular complexity index is 1370. The number of carbonyl (C=O) groups excluding carboxylic acids is 2. The van der Waals surface area contributed by atoms with Gasteiger partial charge in [-0.05, 0) is 35.7 Å². The molecule has 0 radical (unpaired) electrons. The summed E-state index contributed by atoms with van der Waals surface area (Å²) in [5.41, 5.74) is 7.41. The van der Waals surface area contributed by atoms with Crippen LogP contribution in [0.15, 0.2) is 54.7 Å². The minimum absolute atomic E-state index is 0.00650. The number of benzene rings is 2. The van der Waals surface area contributed by atoms with Crippen LogP contribution in [0.1, 0.15) is 40.1 Å². The Labute approximate surface area is 203 Å². The lowest BCUT2D eigenvalue weighted by molar-refractivity contribution is -0.201. The molecule has 184 valence electrons. The number of halogens is 3. The van der Waals surface area contributed by atoms with Crippen molar-refractivity contribution in [3.8, 4) is 6.07 Å². The van der Waals surface area contributed by atoms with Gasteiger partial charge in [-0.2, -0.15) is 23.5 Å². The third kappa shape index (κ3) is 4.58. The average molecular weight is 496 g/mol. The molecule has 1 aliphatic rings. The van der Waals surface area contributed by atoms with E-state index in [-0.39, 0.29) is 22.8 Å². The van der Waals surface area contributed by atoms with Crippen molar-refractivity contribution in [2.75, 3.05) is 15.7 Å². The largest absolute Gasteiger partial charge is 0.493 e. The van der Waals surface area contributed by atoms with Gasteiger partial charge in [-0.25, -0.2) is 9.78 Å². The van der Waals surface area contributed by atoms with Crippen LogP contribution < -0.4 is 21.4 Å². The highest BCUT2D eigenvalue weighted by Gasteiger charge is 2.46. The number of anilines is 4. The monoisotopic (exact) mass is 496 g/mol. The molecule has 4 N–H and O–H groups in total. The number of nitrogens with two attached hydrogens (primary N) is 1. The summed E-state index contributed by atoms with van der Waals surface area (Å²) < 4.78 is 39.6. The number of hydrogen-bond donors (Lipinski definition) is 3. The molecule has 1 atom stereocenters. The van der Waals surface area contributed by atoms with Crippen LogP contribution in [-0.4, -0.2) is 23.0 Å². The predicted molar refractivity (Wildman–Crippen MR) is 124 cm³/mol. The fourth-order valence-corrected chi connectivity index (χ4v) is 3.73. The fourth-order valence-electron chi connectivity index (χ4n) is 3.73. The molecule has 0 fully saturated rings. The number of nitrogens with one attached hydrogen (secondary N) is 2. The molecule has 1 unspecified atom stereocenters. The van der Waals surface area contributed by atoms with Gasteiger partial charge in [0.25, 0.3) is 5.91 Å². The number of carbonyl (C=O) groups is 2. The van der Waals surface area contributed by atoms with Crippen molar-refractivity contribution >= 4 is 34.8 Å². The van der Waals surface area contributed by atoms with Crippen molar-refractivity contribution in [2.24, 2.45) is 5.73 Å². The molecule has 36 heavy (non-hydrogen) atoms. The number of pyridine rings is 1. The first kappa shape index (κ1) is 24.3. The summed E-state index contributed by atoms with van der Waals surface area (Å²) in [6.07, 6.45) is -4.66. The minimum atomic E-state index is -5.30. The molecule has 1 aromatic heterocycles. The van der Waals surface area contributed by atoms with Gasteiger partial charge in [0, 0.05) is 11.9 Å². The fraction of sp³-hybridized carbons (Fsp3) is 0.167. The van der Waals surface area contributed by atoms with Gasteiger partial charge in [0.05, 0.1) is 22.9 Å². The minimum Gasteiger partial charge on any atom is -0.365 e. The maximum absolute atomic E-state index is 13.2. The molecule has 1 amide bonds. The topological polar surface area (TPSA) is 133 Å². The van der Waals surface area contributed by atoms with E-state index in [4.69, 9.17) is 15.8 Å². The Morgan fingerprint density at radius 1 is 1.22 bits per heavy atom. The van der Waals surface area contributed by atoms with Crippen LogP contribution in [0.2, 0.25) is 0 Å². The molecule has 2 heterocycles. The van der Waals surface area contributed by atoms with E-state index >= 15 is 0 Å². The van der Waals surface area contributed by atoms with Crippen LogP contribution in [0.4, 0.5) is 36.1 Å². The van der Waals surface area contributed by atoms with Crippen LogP contribution in [0.25, 0.3) is 0 Å². The standard InChI is InChI=1S/C24H19F3N6O3/c1-2-14-5-3-4-6-17(14)31-18-16(20(29)34)12-30-21-19(18)33(36-23(35)24(25,26)27)22(32-21)15-9-7-13(11-28)8-10-15/h3-10,12,22H,2H2,1H3,(H2,29,34)(H2,30,31,32). The number of nitriles is 1. The third-order valence-electron chi connectivity index (χ3n) is 5.47.